The van der Waals surface area contributed by atoms with Gasteiger partial charge in [-0.05, 0) is 42.0 Å². The zero-order valence-electron chi connectivity index (χ0n) is 15.4. The van der Waals surface area contributed by atoms with Gasteiger partial charge in [-0.3, -0.25) is 9.63 Å². The fraction of sp³-hybridized carbons (Fsp3) is 0.318. The molecule has 3 rings (SSSR count). The van der Waals surface area contributed by atoms with Gasteiger partial charge in [0.1, 0.15) is 5.75 Å². The van der Waals surface area contributed by atoms with E-state index in [2.05, 4.69) is 30.3 Å². The second-order valence-electron chi connectivity index (χ2n) is 6.42. The summed E-state index contributed by atoms with van der Waals surface area (Å²) in [5.41, 5.74) is 4.68. The van der Waals surface area contributed by atoms with Crippen LogP contribution in [0, 0.1) is 0 Å². The van der Waals surface area contributed by atoms with Crippen molar-refractivity contribution in [2.45, 2.75) is 25.7 Å². The highest BCUT2D eigenvalue weighted by molar-refractivity contribution is 5.96. The fourth-order valence-electron chi connectivity index (χ4n) is 3.27. The van der Waals surface area contributed by atoms with Gasteiger partial charge in [-0.1, -0.05) is 42.5 Å². The van der Waals surface area contributed by atoms with Crippen molar-refractivity contribution >= 4 is 11.5 Å². The smallest absolute Gasteiger partial charge is 0.270 e. The van der Waals surface area contributed by atoms with E-state index in [-0.39, 0.29) is 5.91 Å². The van der Waals surface area contributed by atoms with E-state index in [0.29, 0.717) is 6.61 Å². The molecule has 0 spiro atoms. The number of hydrogen-bond acceptors (Lipinski definition) is 3. The van der Waals surface area contributed by atoms with E-state index in [4.69, 9.17) is 9.57 Å². The number of carbonyl (C=O) groups excluding carboxylic acids is 1. The SMILES string of the molecule is CON(C)C(=O)/C=C1\CCOc2cccc(CCCc3ccccc3)c21. The Morgan fingerprint density at radius 2 is 1.96 bits per heavy atom. The van der Waals surface area contributed by atoms with Gasteiger partial charge in [-0.2, -0.15) is 0 Å². The third kappa shape index (κ3) is 4.33. The van der Waals surface area contributed by atoms with Crippen LogP contribution in [-0.4, -0.2) is 31.7 Å². The summed E-state index contributed by atoms with van der Waals surface area (Å²) in [7, 11) is 3.11. The quantitative estimate of drug-likeness (QED) is 0.582. The molecule has 0 aromatic heterocycles. The minimum atomic E-state index is -0.158. The Hall–Kier alpha value is -2.59. The van der Waals surface area contributed by atoms with Crippen molar-refractivity contribution < 1.29 is 14.4 Å². The van der Waals surface area contributed by atoms with Crippen LogP contribution >= 0.6 is 0 Å². The standard InChI is InChI=1S/C22H25NO3/c1-23(25-2)21(24)16-19-14-15-26-20-13-7-12-18(22(19)20)11-6-10-17-8-4-3-5-9-17/h3-5,7-9,12-13,16H,6,10-11,14-15H2,1-2H3/b19-16+. The van der Waals surface area contributed by atoms with E-state index in [9.17, 15) is 4.79 Å². The molecule has 0 saturated heterocycles. The van der Waals surface area contributed by atoms with Crippen molar-refractivity contribution in [2.24, 2.45) is 0 Å². The highest BCUT2D eigenvalue weighted by Gasteiger charge is 2.20. The zero-order chi connectivity index (χ0) is 18.4. The van der Waals surface area contributed by atoms with Crippen molar-refractivity contribution in [1.29, 1.82) is 0 Å². The third-order valence-corrected chi connectivity index (χ3v) is 4.70. The maximum atomic E-state index is 12.2. The Bertz CT molecular complexity index is 783. The molecule has 0 saturated carbocycles. The zero-order valence-corrected chi connectivity index (χ0v) is 15.4. The van der Waals surface area contributed by atoms with Gasteiger partial charge in [0.15, 0.2) is 0 Å². The Labute approximate surface area is 155 Å². The van der Waals surface area contributed by atoms with Crippen LogP contribution in [0.2, 0.25) is 0 Å². The summed E-state index contributed by atoms with van der Waals surface area (Å²) >= 11 is 0. The van der Waals surface area contributed by atoms with E-state index >= 15 is 0 Å². The van der Waals surface area contributed by atoms with Crippen LogP contribution in [0.4, 0.5) is 0 Å². The maximum Gasteiger partial charge on any atom is 0.270 e. The molecule has 1 amide bonds. The van der Waals surface area contributed by atoms with Crippen LogP contribution < -0.4 is 4.74 Å². The Morgan fingerprint density at radius 3 is 2.73 bits per heavy atom. The lowest BCUT2D eigenvalue weighted by molar-refractivity contribution is -0.162. The van der Waals surface area contributed by atoms with Crippen LogP contribution in [0.5, 0.6) is 5.75 Å². The summed E-state index contributed by atoms with van der Waals surface area (Å²) in [6.07, 6.45) is 5.44. The van der Waals surface area contributed by atoms with Crippen LogP contribution in [0.15, 0.2) is 54.6 Å². The van der Waals surface area contributed by atoms with E-state index in [1.165, 1.54) is 23.3 Å². The maximum absolute atomic E-state index is 12.2. The summed E-state index contributed by atoms with van der Waals surface area (Å²) in [6.45, 7) is 0.594. The van der Waals surface area contributed by atoms with E-state index in [1.807, 2.05) is 18.2 Å². The number of aryl methyl sites for hydroxylation is 2. The minimum absolute atomic E-state index is 0.158. The number of hydroxylamine groups is 2. The molecule has 0 atom stereocenters. The van der Waals surface area contributed by atoms with Gasteiger partial charge in [0.05, 0.1) is 13.7 Å². The lowest BCUT2D eigenvalue weighted by Crippen LogP contribution is -2.24. The summed E-state index contributed by atoms with van der Waals surface area (Å²) in [5, 5.41) is 1.24. The molecule has 1 aliphatic rings. The number of ether oxygens (including phenoxy) is 1. The van der Waals surface area contributed by atoms with Gasteiger partial charge in [0.25, 0.3) is 5.91 Å². The second kappa shape index (κ2) is 8.68. The molecule has 0 fully saturated rings. The van der Waals surface area contributed by atoms with Crippen LogP contribution in [0.1, 0.15) is 29.5 Å². The van der Waals surface area contributed by atoms with Crippen molar-refractivity contribution in [2.75, 3.05) is 20.8 Å². The molecule has 1 aliphatic heterocycles. The first kappa shape index (κ1) is 18.2. The lowest BCUT2D eigenvalue weighted by atomic mass is 9.91. The normalized spacial score (nSPS) is 14.6. The molecule has 0 bridgehead atoms. The Balaban J connectivity index is 1.80. The summed E-state index contributed by atoms with van der Waals surface area (Å²) in [6, 6.07) is 16.7. The number of rotatable bonds is 6. The van der Waals surface area contributed by atoms with Gasteiger partial charge < -0.3 is 4.74 Å². The molecule has 0 N–H and O–H groups in total. The predicted octanol–water partition coefficient (Wildman–Crippen LogP) is 4.05. The van der Waals surface area contributed by atoms with Crippen molar-refractivity contribution in [3.8, 4) is 5.75 Å². The molecule has 0 radical (unpaired) electrons. The van der Waals surface area contributed by atoms with Crippen molar-refractivity contribution in [3.05, 3.63) is 71.3 Å². The highest BCUT2D eigenvalue weighted by atomic mass is 16.7. The molecule has 2 aromatic carbocycles. The number of carbonyl (C=O) groups is 1. The summed E-state index contributed by atoms with van der Waals surface area (Å²) < 4.78 is 5.83. The van der Waals surface area contributed by atoms with Gasteiger partial charge in [-0.25, -0.2) is 5.06 Å². The number of fused-ring (bicyclic) bond motifs is 1. The van der Waals surface area contributed by atoms with E-state index in [0.717, 1.165) is 42.6 Å². The fourth-order valence-corrected chi connectivity index (χ4v) is 3.27. The monoisotopic (exact) mass is 351 g/mol. The first-order valence-corrected chi connectivity index (χ1v) is 9.00. The number of likely N-dealkylation sites (N-methyl/N-ethyl adjacent to an activating group) is 1. The first-order valence-electron chi connectivity index (χ1n) is 9.00. The lowest BCUT2D eigenvalue weighted by Gasteiger charge is -2.23. The predicted molar refractivity (Wildman–Crippen MR) is 103 cm³/mol. The average Bonchev–Trinajstić information content (AvgIpc) is 2.68. The van der Waals surface area contributed by atoms with Crippen molar-refractivity contribution in [1.82, 2.24) is 5.06 Å². The number of amides is 1. The molecule has 0 aliphatic carbocycles. The number of benzene rings is 2. The largest absolute Gasteiger partial charge is 0.493 e. The van der Waals surface area contributed by atoms with Crippen molar-refractivity contribution in [3.63, 3.8) is 0 Å². The molecular weight excluding hydrogens is 326 g/mol. The number of nitrogens with zero attached hydrogens (tertiary/aromatic N) is 1. The second-order valence-corrected chi connectivity index (χ2v) is 6.42. The topological polar surface area (TPSA) is 38.8 Å². The van der Waals surface area contributed by atoms with Gasteiger partial charge >= 0.3 is 0 Å². The van der Waals surface area contributed by atoms with Gasteiger partial charge in [0, 0.05) is 25.1 Å². The van der Waals surface area contributed by atoms with Crippen LogP contribution in [-0.2, 0) is 22.5 Å². The highest BCUT2D eigenvalue weighted by Crippen LogP contribution is 2.36. The summed E-state index contributed by atoms with van der Waals surface area (Å²) in [4.78, 5) is 17.2. The Kier molecular flexibility index (Phi) is 6.08. The third-order valence-electron chi connectivity index (χ3n) is 4.70. The van der Waals surface area contributed by atoms with Crippen LogP contribution in [0.3, 0.4) is 0 Å². The molecule has 2 aromatic rings. The molecule has 0 unspecified atom stereocenters. The molecule has 26 heavy (non-hydrogen) atoms. The Morgan fingerprint density at radius 1 is 1.15 bits per heavy atom. The molecule has 4 nitrogen and oxygen atoms in total. The molecule has 1 heterocycles. The average molecular weight is 351 g/mol. The van der Waals surface area contributed by atoms with Gasteiger partial charge in [-0.15, -0.1) is 0 Å². The number of hydrogen-bond donors (Lipinski definition) is 0. The van der Waals surface area contributed by atoms with Gasteiger partial charge in [0.2, 0.25) is 0 Å². The molecule has 4 heteroatoms. The van der Waals surface area contributed by atoms with Crippen LogP contribution in [0.25, 0.3) is 5.57 Å². The molecule has 136 valence electrons. The van der Waals surface area contributed by atoms with E-state index < -0.39 is 0 Å². The molecular formula is C22H25NO3. The first-order chi connectivity index (χ1) is 12.7. The summed E-state index contributed by atoms with van der Waals surface area (Å²) in [5.74, 6) is 0.710. The van der Waals surface area contributed by atoms with E-state index in [1.54, 1.807) is 13.1 Å². The minimum Gasteiger partial charge on any atom is -0.493 e.